The highest BCUT2D eigenvalue weighted by Crippen LogP contribution is 2.26. The summed E-state index contributed by atoms with van der Waals surface area (Å²) in [5.74, 6) is -1.99. The molecule has 0 amide bonds. The third-order valence-electron chi connectivity index (χ3n) is 2.27. The van der Waals surface area contributed by atoms with E-state index in [1.807, 2.05) is 24.3 Å². The van der Waals surface area contributed by atoms with Crippen LogP contribution in [-0.2, 0) is 6.61 Å². The lowest BCUT2D eigenvalue weighted by atomic mass is 10.2. The number of hydrogen-bond acceptors (Lipinski definition) is 1. The van der Waals surface area contributed by atoms with Crippen LogP contribution in [0.5, 0.6) is 5.75 Å². The fourth-order valence-corrected chi connectivity index (χ4v) is 2.15. The van der Waals surface area contributed by atoms with E-state index < -0.39 is 11.6 Å². The molecule has 0 unspecified atom stereocenters. The number of ether oxygens (including phenoxy) is 1. The number of hydrogen-bond donors (Lipinski definition) is 0. The van der Waals surface area contributed by atoms with Gasteiger partial charge < -0.3 is 4.74 Å². The SMILES string of the molecule is Fc1cc(Br)cc(OCc2ccc(I)cc2)c1F. The van der Waals surface area contributed by atoms with Crippen LogP contribution in [0.25, 0.3) is 0 Å². The molecule has 2 rings (SSSR count). The first-order valence-corrected chi connectivity index (χ1v) is 6.95. The van der Waals surface area contributed by atoms with Gasteiger partial charge in [0.05, 0.1) is 0 Å². The van der Waals surface area contributed by atoms with E-state index in [0.29, 0.717) is 4.47 Å². The van der Waals surface area contributed by atoms with Crippen molar-refractivity contribution in [1.82, 2.24) is 0 Å². The highest BCUT2D eigenvalue weighted by Gasteiger charge is 2.11. The third-order valence-corrected chi connectivity index (χ3v) is 3.44. The van der Waals surface area contributed by atoms with Gasteiger partial charge in [-0.25, -0.2) is 4.39 Å². The molecule has 0 aromatic heterocycles. The number of rotatable bonds is 3. The Labute approximate surface area is 125 Å². The molecule has 0 N–H and O–H groups in total. The summed E-state index contributed by atoms with van der Waals surface area (Å²) in [5, 5.41) is 0. The smallest absolute Gasteiger partial charge is 0.200 e. The van der Waals surface area contributed by atoms with E-state index in [2.05, 4.69) is 38.5 Å². The highest BCUT2D eigenvalue weighted by molar-refractivity contribution is 14.1. The Balaban J connectivity index is 2.13. The van der Waals surface area contributed by atoms with Crippen molar-refractivity contribution < 1.29 is 13.5 Å². The van der Waals surface area contributed by atoms with E-state index in [1.165, 1.54) is 6.07 Å². The summed E-state index contributed by atoms with van der Waals surface area (Å²) in [5.41, 5.74) is 0.898. The summed E-state index contributed by atoms with van der Waals surface area (Å²) < 4.78 is 33.4. The van der Waals surface area contributed by atoms with E-state index in [-0.39, 0.29) is 12.4 Å². The molecule has 0 saturated heterocycles. The lowest BCUT2D eigenvalue weighted by molar-refractivity contribution is 0.284. The van der Waals surface area contributed by atoms with Crippen LogP contribution >= 0.6 is 38.5 Å². The molecule has 0 fully saturated rings. The second-order valence-electron chi connectivity index (χ2n) is 3.61. The molecule has 0 bridgehead atoms. The van der Waals surface area contributed by atoms with Crippen molar-refractivity contribution in [3.8, 4) is 5.75 Å². The lowest BCUT2D eigenvalue weighted by Crippen LogP contribution is -1.99. The predicted octanol–water partition coefficient (Wildman–Crippen LogP) is 4.91. The van der Waals surface area contributed by atoms with Gasteiger partial charge in [0.15, 0.2) is 11.6 Å². The van der Waals surface area contributed by atoms with Gasteiger partial charge in [0.2, 0.25) is 5.82 Å². The first-order valence-electron chi connectivity index (χ1n) is 5.08. The summed E-state index contributed by atoms with van der Waals surface area (Å²) in [6.45, 7) is 0.198. The van der Waals surface area contributed by atoms with Crippen molar-refractivity contribution in [1.29, 1.82) is 0 Å². The van der Waals surface area contributed by atoms with Crippen LogP contribution in [0.1, 0.15) is 5.56 Å². The standard InChI is InChI=1S/C13H8BrF2IO/c14-9-5-11(15)13(16)12(6-9)18-7-8-1-3-10(17)4-2-8/h1-6H,7H2. The molecule has 0 aliphatic carbocycles. The van der Waals surface area contributed by atoms with Crippen LogP contribution in [0.15, 0.2) is 40.9 Å². The first-order chi connectivity index (χ1) is 8.56. The number of benzene rings is 2. The van der Waals surface area contributed by atoms with E-state index in [4.69, 9.17) is 4.74 Å². The molecule has 2 aromatic carbocycles. The second kappa shape index (κ2) is 5.97. The number of halogens is 4. The first kappa shape index (κ1) is 13.7. The van der Waals surface area contributed by atoms with Gasteiger partial charge in [0.1, 0.15) is 6.61 Å². The zero-order valence-electron chi connectivity index (χ0n) is 9.09. The third kappa shape index (κ3) is 3.41. The average molecular weight is 425 g/mol. The molecule has 0 atom stereocenters. The van der Waals surface area contributed by atoms with Gasteiger partial charge in [0.25, 0.3) is 0 Å². The van der Waals surface area contributed by atoms with Gasteiger partial charge in [-0.1, -0.05) is 28.1 Å². The molecule has 0 radical (unpaired) electrons. The minimum absolute atomic E-state index is 0.0968. The zero-order chi connectivity index (χ0) is 13.1. The zero-order valence-corrected chi connectivity index (χ0v) is 12.8. The molecule has 5 heteroatoms. The van der Waals surface area contributed by atoms with Crippen LogP contribution in [0.2, 0.25) is 0 Å². The van der Waals surface area contributed by atoms with Gasteiger partial charge in [-0.05, 0) is 52.4 Å². The Hall–Kier alpha value is -0.690. The molecule has 18 heavy (non-hydrogen) atoms. The monoisotopic (exact) mass is 424 g/mol. The van der Waals surface area contributed by atoms with E-state index >= 15 is 0 Å². The fraction of sp³-hybridized carbons (Fsp3) is 0.0769. The van der Waals surface area contributed by atoms with Crippen molar-refractivity contribution in [3.63, 3.8) is 0 Å². The molecule has 0 aliphatic heterocycles. The molecule has 94 valence electrons. The van der Waals surface area contributed by atoms with Crippen LogP contribution in [-0.4, -0.2) is 0 Å². The average Bonchev–Trinajstić information content (AvgIpc) is 2.34. The van der Waals surface area contributed by atoms with E-state index in [1.54, 1.807) is 0 Å². The van der Waals surface area contributed by atoms with Gasteiger partial charge >= 0.3 is 0 Å². The Morgan fingerprint density at radius 1 is 1.11 bits per heavy atom. The minimum atomic E-state index is -0.969. The predicted molar refractivity (Wildman–Crippen MR) is 77.5 cm³/mol. The van der Waals surface area contributed by atoms with Crippen molar-refractivity contribution in [3.05, 3.63) is 61.6 Å². The summed E-state index contributed by atoms with van der Waals surface area (Å²) in [4.78, 5) is 0. The molecule has 0 spiro atoms. The van der Waals surface area contributed by atoms with Crippen LogP contribution in [0.3, 0.4) is 0 Å². The van der Waals surface area contributed by atoms with Crippen molar-refractivity contribution >= 4 is 38.5 Å². The lowest BCUT2D eigenvalue weighted by Gasteiger charge is -2.08. The van der Waals surface area contributed by atoms with Crippen LogP contribution in [0.4, 0.5) is 8.78 Å². The van der Waals surface area contributed by atoms with Crippen LogP contribution < -0.4 is 4.74 Å². The minimum Gasteiger partial charge on any atom is -0.486 e. The molecular formula is C13H8BrF2IO. The molecule has 0 saturated carbocycles. The molecular weight excluding hydrogens is 417 g/mol. The Morgan fingerprint density at radius 3 is 2.44 bits per heavy atom. The topological polar surface area (TPSA) is 9.23 Å². The van der Waals surface area contributed by atoms with E-state index in [9.17, 15) is 8.78 Å². The van der Waals surface area contributed by atoms with Crippen molar-refractivity contribution in [2.45, 2.75) is 6.61 Å². The Bertz CT molecular complexity index is 558. The van der Waals surface area contributed by atoms with Gasteiger partial charge in [-0.15, -0.1) is 0 Å². The quantitative estimate of drug-likeness (QED) is 0.502. The summed E-state index contributed by atoms with van der Waals surface area (Å²) in [6.07, 6.45) is 0. The highest BCUT2D eigenvalue weighted by atomic mass is 127. The van der Waals surface area contributed by atoms with Gasteiger partial charge in [-0.2, -0.15) is 4.39 Å². The van der Waals surface area contributed by atoms with E-state index in [0.717, 1.165) is 15.2 Å². The second-order valence-corrected chi connectivity index (χ2v) is 5.78. The van der Waals surface area contributed by atoms with Crippen LogP contribution in [0, 0.1) is 15.2 Å². The maximum absolute atomic E-state index is 13.4. The fourth-order valence-electron chi connectivity index (χ4n) is 1.38. The maximum Gasteiger partial charge on any atom is 0.200 e. The Morgan fingerprint density at radius 2 is 1.78 bits per heavy atom. The van der Waals surface area contributed by atoms with Crippen molar-refractivity contribution in [2.24, 2.45) is 0 Å². The molecule has 2 aromatic rings. The summed E-state index contributed by atoms with van der Waals surface area (Å²) in [7, 11) is 0. The maximum atomic E-state index is 13.4. The summed E-state index contributed by atoms with van der Waals surface area (Å²) >= 11 is 5.29. The molecule has 0 aliphatic rings. The van der Waals surface area contributed by atoms with Gasteiger partial charge in [0, 0.05) is 8.04 Å². The Kier molecular flexibility index (Phi) is 4.55. The summed E-state index contributed by atoms with van der Waals surface area (Å²) in [6, 6.07) is 10.1. The molecule has 0 heterocycles. The van der Waals surface area contributed by atoms with Crippen molar-refractivity contribution in [2.75, 3.05) is 0 Å². The largest absolute Gasteiger partial charge is 0.486 e. The molecule has 1 nitrogen and oxygen atoms in total. The van der Waals surface area contributed by atoms with Gasteiger partial charge in [-0.3, -0.25) is 0 Å². The normalized spacial score (nSPS) is 10.4.